The Morgan fingerprint density at radius 2 is 1.42 bits per heavy atom. The number of nitrogens with one attached hydrogen (secondary N) is 1. The summed E-state index contributed by atoms with van der Waals surface area (Å²) in [6.45, 7) is 6.23. The molecule has 0 bridgehead atoms. The van der Waals surface area contributed by atoms with Gasteiger partial charge in [-0.3, -0.25) is 4.79 Å². The molecule has 0 radical (unpaired) electrons. The van der Waals surface area contributed by atoms with Gasteiger partial charge in [0, 0.05) is 23.9 Å². The van der Waals surface area contributed by atoms with Gasteiger partial charge in [0.05, 0.1) is 11.6 Å². The maximum absolute atomic E-state index is 13.6. The van der Waals surface area contributed by atoms with Crippen molar-refractivity contribution in [1.29, 1.82) is 0 Å². The maximum Gasteiger partial charge on any atom is 0.252 e. The predicted molar refractivity (Wildman–Crippen MR) is 121 cm³/mol. The van der Waals surface area contributed by atoms with Crippen LogP contribution in [0.2, 0.25) is 0 Å². The highest BCUT2D eigenvalue weighted by molar-refractivity contribution is 5.97. The van der Waals surface area contributed by atoms with Crippen molar-refractivity contribution >= 4 is 11.7 Å². The van der Waals surface area contributed by atoms with Crippen molar-refractivity contribution in [2.75, 3.05) is 5.32 Å². The first kappa shape index (κ1) is 20.5. The van der Waals surface area contributed by atoms with Crippen molar-refractivity contribution in [3.63, 3.8) is 0 Å². The monoisotopic (exact) mass is 411 g/mol. The fraction of sp³-hybridized carbons (Fsp3) is 0.200. The van der Waals surface area contributed by atoms with Crippen LogP contribution in [0.25, 0.3) is 5.95 Å². The van der Waals surface area contributed by atoms with Crippen molar-refractivity contribution in [1.82, 2.24) is 19.7 Å². The highest BCUT2D eigenvalue weighted by Crippen LogP contribution is 2.29. The smallest absolute Gasteiger partial charge is 0.252 e. The first-order valence-electron chi connectivity index (χ1n) is 10.2. The molecule has 0 saturated carbocycles. The van der Waals surface area contributed by atoms with Crippen LogP contribution < -0.4 is 5.32 Å². The number of hydrogen-bond acceptors (Lipinski definition) is 4. The van der Waals surface area contributed by atoms with E-state index in [-0.39, 0.29) is 11.3 Å². The fourth-order valence-corrected chi connectivity index (χ4v) is 3.37. The van der Waals surface area contributed by atoms with Gasteiger partial charge in [0.2, 0.25) is 5.91 Å². The van der Waals surface area contributed by atoms with E-state index < -0.39 is 5.92 Å². The summed E-state index contributed by atoms with van der Waals surface area (Å²) in [5.41, 5.74) is 2.48. The number of nitrogens with zero attached hydrogens (tertiary/aromatic N) is 4. The molecule has 6 nitrogen and oxygen atoms in total. The van der Waals surface area contributed by atoms with Crippen LogP contribution in [0.5, 0.6) is 0 Å². The summed E-state index contributed by atoms with van der Waals surface area (Å²) in [4.78, 5) is 22.2. The minimum absolute atomic E-state index is 0.144. The van der Waals surface area contributed by atoms with Crippen LogP contribution in [0, 0.1) is 0 Å². The van der Waals surface area contributed by atoms with Crippen molar-refractivity contribution < 1.29 is 4.79 Å². The molecule has 6 heteroatoms. The zero-order valence-corrected chi connectivity index (χ0v) is 17.9. The number of rotatable bonds is 5. The molecule has 156 valence electrons. The first-order chi connectivity index (χ1) is 14.9. The first-order valence-corrected chi connectivity index (χ1v) is 10.2. The number of aromatic nitrogens is 4. The van der Waals surface area contributed by atoms with Crippen molar-refractivity contribution in [3.05, 3.63) is 102 Å². The Labute approximate surface area is 182 Å². The zero-order valence-electron chi connectivity index (χ0n) is 17.9. The Bertz CT molecular complexity index is 1110. The van der Waals surface area contributed by atoms with E-state index in [0.29, 0.717) is 11.8 Å². The van der Waals surface area contributed by atoms with Crippen LogP contribution >= 0.6 is 0 Å². The molecule has 4 aromatic rings. The number of benzene rings is 2. The van der Waals surface area contributed by atoms with Gasteiger partial charge in [-0.15, -0.1) is 0 Å². The fourth-order valence-electron chi connectivity index (χ4n) is 3.37. The molecule has 2 aromatic heterocycles. The lowest BCUT2D eigenvalue weighted by atomic mass is 9.90. The molecule has 0 aliphatic rings. The van der Waals surface area contributed by atoms with E-state index in [0.717, 1.165) is 16.8 Å². The Hall–Kier alpha value is -3.80. The number of carbonyl (C=O) groups is 1. The molecule has 2 heterocycles. The van der Waals surface area contributed by atoms with E-state index in [1.54, 1.807) is 23.1 Å². The van der Waals surface area contributed by atoms with E-state index in [2.05, 4.69) is 41.2 Å². The predicted octanol–water partition coefficient (Wildman–Crippen LogP) is 4.73. The van der Waals surface area contributed by atoms with Crippen LogP contribution in [0.3, 0.4) is 0 Å². The number of hydrogen-bond donors (Lipinski definition) is 1. The lowest BCUT2D eigenvalue weighted by Gasteiger charge is -2.18. The summed E-state index contributed by atoms with van der Waals surface area (Å²) in [6.07, 6.45) is 3.31. The average molecular weight is 412 g/mol. The minimum atomic E-state index is -0.458. The molecule has 0 spiro atoms. The molecular weight excluding hydrogens is 386 g/mol. The largest absolute Gasteiger partial charge is 0.310 e. The molecule has 1 N–H and O–H groups in total. The Kier molecular flexibility index (Phi) is 5.62. The quantitative estimate of drug-likeness (QED) is 0.515. The molecule has 0 fully saturated rings. The molecule has 0 aliphatic carbocycles. The minimum Gasteiger partial charge on any atom is -0.310 e. The molecular formula is C25H25N5O. The number of amides is 1. The highest BCUT2D eigenvalue weighted by Gasteiger charge is 2.26. The third kappa shape index (κ3) is 4.53. The molecule has 4 rings (SSSR count). The van der Waals surface area contributed by atoms with Gasteiger partial charge in [-0.05, 0) is 17.2 Å². The lowest BCUT2D eigenvalue weighted by Crippen LogP contribution is -2.24. The second-order valence-corrected chi connectivity index (χ2v) is 8.37. The topological polar surface area (TPSA) is 72.7 Å². The van der Waals surface area contributed by atoms with Crippen LogP contribution in [0.1, 0.15) is 43.5 Å². The van der Waals surface area contributed by atoms with Crippen LogP contribution in [-0.4, -0.2) is 25.7 Å². The lowest BCUT2D eigenvalue weighted by molar-refractivity contribution is -0.116. The van der Waals surface area contributed by atoms with Gasteiger partial charge in [0.25, 0.3) is 5.95 Å². The van der Waals surface area contributed by atoms with Gasteiger partial charge < -0.3 is 5.32 Å². The third-order valence-corrected chi connectivity index (χ3v) is 5.00. The molecule has 0 atom stereocenters. The van der Waals surface area contributed by atoms with Gasteiger partial charge in [-0.25, -0.2) is 9.97 Å². The SMILES string of the molecule is CC(C)(C)c1cc(NC(=O)C(c2ccccc2)c2ccccc2)n(-c2ncccn2)n1. The Morgan fingerprint density at radius 1 is 0.871 bits per heavy atom. The standard InChI is InChI=1S/C25H25N5O/c1-25(2,3)20-17-21(30(29-20)24-26-15-10-16-27-24)28-23(31)22(18-11-6-4-7-12-18)19-13-8-5-9-14-19/h4-17,22H,1-3H3,(H,28,31). The normalized spacial score (nSPS) is 11.5. The number of carbonyl (C=O) groups excluding carboxylic acids is 1. The summed E-state index contributed by atoms with van der Waals surface area (Å²) >= 11 is 0. The summed E-state index contributed by atoms with van der Waals surface area (Å²) in [6, 6.07) is 23.2. The van der Waals surface area contributed by atoms with Gasteiger partial charge in [-0.1, -0.05) is 81.4 Å². The molecule has 2 aromatic carbocycles. The number of anilines is 1. The van der Waals surface area contributed by atoms with Crippen molar-refractivity contribution in [2.24, 2.45) is 0 Å². The molecule has 0 unspecified atom stereocenters. The van der Waals surface area contributed by atoms with Crippen molar-refractivity contribution in [3.8, 4) is 5.95 Å². The van der Waals surface area contributed by atoms with E-state index in [4.69, 9.17) is 0 Å². The maximum atomic E-state index is 13.6. The second-order valence-electron chi connectivity index (χ2n) is 8.37. The van der Waals surface area contributed by atoms with E-state index in [1.807, 2.05) is 66.7 Å². The van der Waals surface area contributed by atoms with Gasteiger partial charge in [0.1, 0.15) is 5.82 Å². The molecule has 1 amide bonds. The van der Waals surface area contributed by atoms with Crippen molar-refractivity contribution in [2.45, 2.75) is 32.1 Å². The Balaban J connectivity index is 1.75. The van der Waals surface area contributed by atoms with Crippen LogP contribution in [0.15, 0.2) is 85.2 Å². The summed E-state index contributed by atoms with van der Waals surface area (Å²) in [5, 5.41) is 7.77. The van der Waals surface area contributed by atoms with E-state index >= 15 is 0 Å². The van der Waals surface area contributed by atoms with Gasteiger partial charge in [-0.2, -0.15) is 9.78 Å². The molecule has 0 aliphatic heterocycles. The van der Waals surface area contributed by atoms with E-state index in [9.17, 15) is 4.79 Å². The molecule has 31 heavy (non-hydrogen) atoms. The second kappa shape index (κ2) is 8.52. The summed E-state index contributed by atoms with van der Waals surface area (Å²) in [5.74, 6) is 0.345. The zero-order chi connectivity index (χ0) is 21.8. The van der Waals surface area contributed by atoms with E-state index in [1.165, 1.54) is 0 Å². The average Bonchev–Trinajstić information content (AvgIpc) is 3.20. The summed E-state index contributed by atoms with van der Waals surface area (Å²) in [7, 11) is 0. The van der Waals surface area contributed by atoms with Crippen LogP contribution in [-0.2, 0) is 10.2 Å². The van der Waals surface area contributed by atoms with Crippen LogP contribution in [0.4, 0.5) is 5.82 Å². The highest BCUT2D eigenvalue weighted by atomic mass is 16.2. The van der Waals surface area contributed by atoms with Gasteiger partial charge in [0.15, 0.2) is 0 Å². The molecule has 0 saturated heterocycles. The van der Waals surface area contributed by atoms with Gasteiger partial charge >= 0.3 is 0 Å². The third-order valence-electron chi connectivity index (χ3n) is 5.00. The summed E-state index contributed by atoms with van der Waals surface area (Å²) < 4.78 is 1.59. The Morgan fingerprint density at radius 3 is 1.94 bits per heavy atom.